The first-order chi connectivity index (χ1) is 8.59. The van der Waals surface area contributed by atoms with Crippen LogP contribution in [0.2, 0.25) is 0 Å². The summed E-state index contributed by atoms with van der Waals surface area (Å²) in [6.07, 6.45) is 1.84. The van der Waals surface area contributed by atoms with Crippen LogP contribution < -0.4 is 5.32 Å². The number of benzene rings is 1. The molecule has 0 amide bonds. The normalized spacial score (nSPS) is 12.7. The number of nitrogens with one attached hydrogen (secondary N) is 1. The van der Waals surface area contributed by atoms with Crippen molar-refractivity contribution in [1.82, 2.24) is 9.78 Å². The van der Waals surface area contributed by atoms with E-state index >= 15 is 0 Å². The lowest BCUT2D eigenvalue weighted by molar-refractivity contribution is 0.674. The highest BCUT2D eigenvalue weighted by Crippen LogP contribution is 2.27. The zero-order valence-electron chi connectivity index (χ0n) is 11.5. The minimum absolute atomic E-state index is 0.248. The summed E-state index contributed by atoms with van der Waals surface area (Å²) in [5.74, 6) is 0.521. The van der Waals surface area contributed by atoms with Crippen LogP contribution in [-0.4, -0.2) is 9.78 Å². The summed E-state index contributed by atoms with van der Waals surface area (Å²) >= 11 is 0. The Morgan fingerprint density at radius 2 is 1.83 bits per heavy atom. The van der Waals surface area contributed by atoms with Gasteiger partial charge in [0.05, 0.1) is 11.7 Å². The van der Waals surface area contributed by atoms with E-state index in [4.69, 9.17) is 0 Å². The minimum atomic E-state index is 0.248. The second-order valence-corrected chi connectivity index (χ2v) is 4.99. The summed E-state index contributed by atoms with van der Waals surface area (Å²) in [7, 11) is 1.97. The number of aryl methyl sites for hydroxylation is 1. The fraction of sp³-hybridized carbons (Fsp3) is 0.400. The number of hydrogen-bond acceptors (Lipinski definition) is 2. The summed E-state index contributed by atoms with van der Waals surface area (Å²) in [6.45, 7) is 6.60. The molecule has 0 fully saturated rings. The van der Waals surface area contributed by atoms with Crippen molar-refractivity contribution >= 4 is 5.69 Å². The van der Waals surface area contributed by atoms with Crippen LogP contribution in [0.25, 0.3) is 0 Å². The van der Waals surface area contributed by atoms with Crippen molar-refractivity contribution < 1.29 is 0 Å². The van der Waals surface area contributed by atoms with Crippen LogP contribution in [0.5, 0.6) is 0 Å². The van der Waals surface area contributed by atoms with Crippen molar-refractivity contribution in [2.75, 3.05) is 5.32 Å². The molecule has 0 aliphatic carbocycles. The molecule has 0 saturated heterocycles. The molecule has 1 heterocycles. The molecule has 18 heavy (non-hydrogen) atoms. The van der Waals surface area contributed by atoms with Crippen LogP contribution in [0, 0.1) is 0 Å². The van der Waals surface area contributed by atoms with Gasteiger partial charge in [-0.2, -0.15) is 5.10 Å². The molecule has 2 aromatic rings. The van der Waals surface area contributed by atoms with Gasteiger partial charge in [-0.1, -0.05) is 32.0 Å². The SMILES string of the molecule is CC(C)c1ccccc1NC(C)c1ccnn1C. The molecule has 0 bridgehead atoms. The monoisotopic (exact) mass is 243 g/mol. The van der Waals surface area contributed by atoms with Crippen LogP contribution in [0.15, 0.2) is 36.5 Å². The van der Waals surface area contributed by atoms with Crippen molar-refractivity contribution in [2.24, 2.45) is 7.05 Å². The van der Waals surface area contributed by atoms with Crippen LogP contribution in [0.3, 0.4) is 0 Å². The summed E-state index contributed by atoms with van der Waals surface area (Å²) in [4.78, 5) is 0. The van der Waals surface area contributed by atoms with E-state index in [1.807, 2.05) is 17.9 Å². The molecule has 3 heteroatoms. The Bertz CT molecular complexity index is 514. The van der Waals surface area contributed by atoms with E-state index in [1.165, 1.54) is 16.9 Å². The average molecular weight is 243 g/mol. The van der Waals surface area contributed by atoms with Gasteiger partial charge in [0.2, 0.25) is 0 Å². The Labute approximate surface area is 109 Å². The summed E-state index contributed by atoms with van der Waals surface area (Å²) < 4.78 is 1.91. The molecule has 0 radical (unpaired) electrons. The molecule has 96 valence electrons. The molecule has 1 unspecified atom stereocenters. The number of aromatic nitrogens is 2. The summed E-state index contributed by atoms with van der Waals surface area (Å²) in [5, 5.41) is 7.79. The molecular formula is C15H21N3. The van der Waals surface area contributed by atoms with E-state index in [1.54, 1.807) is 0 Å². The molecule has 2 rings (SSSR count). The van der Waals surface area contributed by atoms with Gasteiger partial charge < -0.3 is 5.32 Å². The zero-order valence-corrected chi connectivity index (χ0v) is 11.5. The minimum Gasteiger partial charge on any atom is -0.377 e. The topological polar surface area (TPSA) is 29.9 Å². The van der Waals surface area contributed by atoms with Gasteiger partial charge in [0, 0.05) is 18.9 Å². The lowest BCUT2D eigenvalue weighted by Crippen LogP contribution is -2.12. The van der Waals surface area contributed by atoms with E-state index in [-0.39, 0.29) is 6.04 Å². The highest BCUT2D eigenvalue weighted by molar-refractivity contribution is 5.53. The predicted octanol–water partition coefficient (Wildman–Crippen LogP) is 3.72. The van der Waals surface area contributed by atoms with Gasteiger partial charge in [-0.25, -0.2) is 0 Å². The van der Waals surface area contributed by atoms with Gasteiger partial charge >= 0.3 is 0 Å². The second kappa shape index (κ2) is 5.25. The van der Waals surface area contributed by atoms with Gasteiger partial charge in [0.1, 0.15) is 0 Å². The van der Waals surface area contributed by atoms with E-state index in [9.17, 15) is 0 Å². The summed E-state index contributed by atoms with van der Waals surface area (Å²) in [5.41, 5.74) is 3.75. The van der Waals surface area contributed by atoms with E-state index in [2.05, 4.69) is 61.5 Å². The van der Waals surface area contributed by atoms with Crippen LogP contribution in [0.1, 0.15) is 44.0 Å². The maximum absolute atomic E-state index is 4.21. The number of anilines is 1. The van der Waals surface area contributed by atoms with Crippen molar-refractivity contribution in [3.63, 3.8) is 0 Å². The highest BCUT2D eigenvalue weighted by Gasteiger charge is 2.12. The molecule has 1 aromatic carbocycles. The molecule has 0 spiro atoms. The second-order valence-electron chi connectivity index (χ2n) is 4.99. The first kappa shape index (κ1) is 12.7. The maximum Gasteiger partial charge on any atom is 0.0654 e. The Balaban J connectivity index is 2.22. The van der Waals surface area contributed by atoms with Crippen molar-refractivity contribution in [3.05, 3.63) is 47.8 Å². The lowest BCUT2D eigenvalue weighted by atomic mass is 10.0. The zero-order chi connectivity index (χ0) is 13.1. The van der Waals surface area contributed by atoms with Crippen molar-refractivity contribution in [3.8, 4) is 0 Å². The van der Waals surface area contributed by atoms with Crippen LogP contribution >= 0.6 is 0 Å². The molecular weight excluding hydrogens is 222 g/mol. The standard InChI is InChI=1S/C15H21N3/c1-11(2)13-7-5-6-8-14(13)17-12(3)15-9-10-16-18(15)4/h5-12,17H,1-4H3. The Kier molecular flexibility index (Phi) is 3.70. The first-order valence-corrected chi connectivity index (χ1v) is 6.43. The smallest absolute Gasteiger partial charge is 0.0654 e. The number of rotatable bonds is 4. The fourth-order valence-corrected chi connectivity index (χ4v) is 2.25. The van der Waals surface area contributed by atoms with Gasteiger partial charge in [-0.15, -0.1) is 0 Å². The Hall–Kier alpha value is -1.77. The molecule has 1 N–H and O–H groups in total. The number of hydrogen-bond donors (Lipinski definition) is 1. The van der Waals surface area contributed by atoms with Crippen LogP contribution in [0.4, 0.5) is 5.69 Å². The number of para-hydroxylation sites is 1. The number of nitrogens with zero attached hydrogens (tertiary/aromatic N) is 2. The maximum atomic E-state index is 4.21. The molecule has 0 aliphatic heterocycles. The van der Waals surface area contributed by atoms with Gasteiger partial charge in [-0.3, -0.25) is 4.68 Å². The largest absolute Gasteiger partial charge is 0.377 e. The molecule has 3 nitrogen and oxygen atoms in total. The van der Waals surface area contributed by atoms with E-state index in [0.29, 0.717) is 5.92 Å². The van der Waals surface area contributed by atoms with E-state index in [0.717, 1.165) is 0 Å². The molecule has 0 saturated carbocycles. The Morgan fingerprint density at radius 3 is 2.44 bits per heavy atom. The molecule has 1 aromatic heterocycles. The third-order valence-corrected chi connectivity index (χ3v) is 3.26. The van der Waals surface area contributed by atoms with Crippen LogP contribution in [-0.2, 0) is 7.05 Å². The first-order valence-electron chi connectivity index (χ1n) is 6.43. The quantitative estimate of drug-likeness (QED) is 0.887. The molecule has 0 aliphatic rings. The predicted molar refractivity (Wildman–Crippen MR) is 75.8 cm³/mol. The van der Waals surface area contributed by atoms with Gasteiger partial charge in [-0.05, 0) is 30.5 Å². The molecule has 1 atom stereocenters. The fourth-order valence-electron chi connectivity index (χ4n) is 2.25. The van der Waals surface area contributed by atoms with Crippen molar-refractivity contribution in [2.45, 2.75) is 32.7 Å². The van der Waals surface area contributed by atoms with Crippen molar-refractivity contribution in [1.29, 1.82) is 0 Å². The third-order valence-electron chi connectivity index (χ3n) is 3.26. The van der Waals surface area contributed by atoms with Gasteiger partial charge in [0.25, 0.3) is 0 Å². The lowest BCUT2D eigenvalue weighted by Gasteiger charge is -2.19. The highest BCUT2D eigenvalue weighted by atomic mass is 15.3. The Morgan fingerprint density at radius 1 is 1.11 bits per heavy atom. The van der Waals surface area contributed by atoms with E-state index < -0.39 is 0 Å². The third kappa shape index (κ3) is 2.55. The van der Waals surface area contributed by atoms with Gasteiger partial charge in [0.15, 0.2) is 0 Å². The summed E-state index contributed by atoms with van der Waals surface area (Å²) in [6, 6.07) is 10.8. The average Bonchev–Trinajstić information content (AvgIpc) is 2.76.